The van der Waals surface area contributed by atoms with E-state index < -0.39 is 0 Å². The molecule has 0 spiro atoms. The minimum absolute atomic E-state index is 0.0452. The number of hydrogen-bond donors (Lipinski definition) is 0. The summed E-state index contributed by atoms with van der Waals surface area (Å²) in [6.45, 7) is 6.58. The van der Waals surface area contributed by atoms with Crippen molar-refractivity contribution in [1.82, 2.24) is 4.90 Å². The maximum atomic E-state index is 11.3. The third-order valence-electron chi connectivity index (χ3n) is 3.01. The molecule has 0 bridgehead atoms. The molecule has 0 amide bonds. The molecule has 1 rings (SSSR count). The topological polar surface area (TPSA) is 23.6 Å². The van der Waals surface area contributed by atoms with Gasteiger partial charge in [0.05, 0.1) is 10.7 Å². The lowest BCUT2D eigenvalue weighted by molar-refractivity contribution is 0.101. The first-order chi connectivity index (χ1) is 8.95. The predicted octanol–water partition coefficient (Wildman–Crippen LogP) is 3.32. The van der Waals surface area contributed by atoms with E-state index in [0.717, 1.165) is 31.7 Å². The smallest absolute Gasteiger partial charge is 0.159 e. The molecule has 0 aliphatic rings. The van der Waals surface area contributed by atoms with E-state index in [4.69, 9.17) is 11.6 Å². The summed E-state index contributed by atoms with van der Waals surface area (Å²) in [5.74, 6) is 0.0452. The van der Waals surface area contributed by atoms with Crippen molar-refractivity contribution < 1.29 is 4.79 Å². The molecule has 0 fully saturated rings. The minimum Gasteiger partial charge on any atom is -0.369 e. The lowest BCUT2D eigenvalue weighted by Crippen LogP contribution is -2.32. The molecule has 3 nitrogen and oxygen atoms in total. The van der Waals surface area contributed by atoms with Gasteiger partial charge >= 0.3 is 0 Å². The molecule has 0 unspecified atom stereocenters. The second kappa shape index (κ2) is 7.51. The summed E-state index contributed by atoms with van der Waals surface area (Å²) < 4.78 is 0. The minimum atomic E-state index is 0.0452. The molecule has 19 heavy (non-hydrogen) atoms. The van der Waals surface area contributed by atoms with E-state index in [9.17, 15) is 4.79 Å². The van der Waals surface area contributed by atoms with E-state index in [2.05, 4.69) is 30.8 Å². The van der Waals surface area contributed by atoms with Gasteiger partial charge in [-0.2, -0.15) is 0 Å². The van der Waals surface area contributed by atoms with Crippen LogP contribution in [0.3, 0.4) is 0 Å². The lowest BCUT2D eigenvalue weighted by Gasteiger charge is -2.27. The van der Waals surface area contributed by atoms with Crippen molar-refractivity contribution in [2.45, 2.75) is 20.3 Å². The molecule has 106 valence electrons. The molecule has 1 aromatic carbocycles. The van der Waals surface area contributed by atoms with Gasteiger partial charge in [-0.1, -0.05) is 18.5 Å². The normalized spacial score (nSPS) is 10.8. The third kappa shape index (κ3) is 4.84. The van der Waals surface area contributed by atoms with Crippen molar-refractivity contribution >= 4 is 23.1 Å². The average Bonchev–Trinajstić information content (AvgIpc) is 2.34. The van der Waals surface area contributed by atoms with E-state index in [1.54, 1.807) is 13.0 Å². The Hall–Kier alpha value is -1.06. The Labute approximate surface area is 121 Å². The number of carbonyl (C=O) groups excluding carboxylic acids is 1. The maximum Gasteiger partial charge on any atom is 0.159 e. The van der Waals surface area contributed by atoms with Gasteiger partial charge in [-0.15, -0.1) is 0 Å². The number of carbonyl (C=O) groups is 1. The SMILES string of the molecule is CCCN(CCN(C)C)c1ccc(C(C)=O)cc1Cl. The molecule has 0 aliphatic heterocycles. The Morgan fingerprint density at radius 1 is 1.21 bits per heavy atom. The van der Waals surface area contributed by atoms with Crippen molar-refractivity contribution in [3.63, 3.8) is 0 Å². The van der Waals surface area contributed by atoms with Crippen LogP contribution in [0, 0.1) is 0 Å². The Morgan fingerprint density at radius 3 is 2.37 bits per heavy atom. The Balaban J connectivity index is 2.92. The van der Waals surface area contributed by atoms with Gasteiger partial charge < -0.3 is 9.80 Å². The molecule has 0 saturated heterocycles. The highest BCUT2D eigenvalue weighted by Gasteiger charge is 2.11. The Bertz CT molecular complexity index is 432. The van der Waals surface area contributed by atoms with E-state index in [-0.39, 0.29) is 5.78 Å². The van der Waals surface area contributed by atoms with Crippen LogP contribution in [0.5, 0.6) is 0 Å². The fourth-order valence-corrected chi connectivity index (χ4v) is 2.23. The molecular weight excluding hydrogens is 260 g/mol. The number of halogens is 1. The number of nitrogens with zero attached hydrogens (tertiary/aromatic N) is 2. The first kappa shape index (κ1) is 16.0. The van der Waals surface area contributed by atoms with Crippen LogP contribution in [0.2, 0.25) is 5.02 Å². The van der Waals surface area contributed by atoms with Crippen LogP contribution in [-0.4, -0.2) is 44.4 Å². The molecule has 0 radical (unpaired) electrons. The van der Waals surface area contributed by atoms with Crippen molar-refractivity contribution in [2.75, 3.05) is 38.6 Å². The lowest BCUT2D eigenvalue weighted by atomic mass is 10.1. The molecule has 0 N–H and O–H groups in total. The number of ketones is 1. The predicted molar refractivity (Wildman–Crippen MR) is 82.5 cm³/mol. The van der Waals surface area contributed by atoms with Crippen LogP contribution in [0.15, 0.2) is 18.2 Å². The summed E-state index contributed by atoms with van der Waals surface area (Å²) >= 11 is 6.31. The van der Waals surface area contributed by atoms with Gasteiger partial charge in [0.25, 0.3) is 0 Å². The van der Waals surface area contributed by atoms with Gasteiger partial charge in [0.2, 0.25) is 0 Å². The zero-order valence-corrected chi connectivity index (χ0v) is 13.0. The summed E-state index contributed by atoms with van der Waals surface area (Å²) in [5, 5.41) is 0.653. The number of likely N-dealkylation sites (N-methyl/N-ethyl adjacent to an activating group) is 1. The highest BCUT2D eigenvalue weighted by molar-refractivity contribution is 6.33. The van der Waals surface area contributed by atoms with E-state index in [1.165, 1.54) is 0 Å². The highest BCUT2D eigenvalue weighted by atomic mass is 35.5. The first-order valence-electron chi connectivity index (χ1n) is 6.65. The standard InChI is InChI=1S/C15H23ClN2O/c1-5-8-18(10-9-17(3)4)15-7-6-13(12(2)19)11-14(15)16/h6-7,11H,5,8-10H2,1-4H3. The van der Waals surface area contributed by atoms with Crippen molar-refractivity contribution in [3.05, 3.63) is 28.8 Å². The zero-order valence-electron chi connectivity index (χ0n) is 12.2. The number of hydrogen-bond acceptors (Lipinski definition) is 3. The van der Waals surface area contributed by atoms with E-state index in [1.807, 2.05) is 12.1 Å². The van der Waals surface area contributed by atoms with Crippen LogP contribution in [0.25, 0.3) is 0 Å². The molecule has 0 aliphatic carbocycles. The van der Waals surface area contributed by atoms with Gasteiger partial charge in [-0.25, -0.2) is 0 Å². The highest BCUT2D eigenvalue weighted by Crippen LogP contribution is 2.27. The number of benzene rings is 1. The number of anilines is 1. The molecule has 0 atom stereocenters. The maximum absolute atomic E-state index is 11.3. The fourth-order valence-electron chi connectivity index (χ4n) is 1.93. The van der Waals surface area contributed by atoms with Gasteiger partial charge in [0.15, 0.2) is 5.78 Å². The van der Waals surface area contributed by atoms with E-state index >= 15 is 0 Å². The molecular formula is C15H23ClN2O. The Morgan fingerprint density at radius 2 is 1.89 bits per heavy atom. The monoisotopic (exact) mass is 282 g/mol. The number of rotatable bonds is 7. The van der Waals surface area contributed by atoms with Crippen LogP contribution in [0.4, 0.5) is 5.69 Å². The van der Waals surface area contributed by atoms with Gasteiger partial charge in [0.1, 0.15) is 0 Å². The van der Waals surface area contributed by atoms with Crippen molar-refractivity contribution in [2.24, 2.45) is 0 Å². The second-order valence-electron chi connectivity index (χ2n) is 5.01. The van der Waals surface area contributed by atoms with E-state index in [0.29, 0.717) is 10.6 Å². The van der Waals surface area contributed by atoms with Crippen LogP contribution in [0.1, 0.15) is 30.6 Å². The largest absolute Gasteiger partial charge is 0.369 e. The molecule has 1 aromatic rings. The third-order valence-corrected chi connectivity index (χ3v) is 3.31. The van der Waals surface area contributed by atoms with Crippen LogP contribution in [-0.2, 0) is 0 Å². The summed E-state index contributed by atoms with van der Waals surface area (Å²) in [6.07, 6.45) is 1.07. The summed E-state index contributed by atoms with van der Waals surface area (Å²) in [6, 6.07) is 5.56. The van der Waals surface area contributed by atoms with Crippen LogP contribution < -0.4 is 4.90 Å². The summed E-state index contributed by atoms with van der Waals surface area (Å²) in [5.41, 5.74) is 1.67. The Kier molecular flexibility index (Phi) is 6.32. The first-order valence-corrected chi connectivity index (χ1v) is 7.03. The van der Waals surface area contributed by atoms with Gasteiger partial charge in [-0.3, -0.25) is 4.79 Å². The molecule has 0 saturated carbocycles. The fraction of sp³-hybridized carbons (Fsp3) is 0.533. The van der Waals surface area contributed by atoms with Gasteiger partial charge in [0, 0.05) is 25.2 Å². The van der Waals surface area contributed by atoms with Crippen molar-refractivity contribution in [3.8, 4) is 0 Å². The second-order valence-corrected chi connectivity index (χ2v) is 5.42. The zero-order chi connectivity index (χ0) is 14.4. The van der Waals surface area contributed by atoms with Crippen LogP contribution >= 0.6 is 11.6 Å². The summed E-state index contributed by atoms with van der Waals surface area (Å²) in [4.78, 5) is 15.8. The van der Waals surface area contributed by atoms with Crippen molar-refractivity contribution in [1.29, 1.82) is 0 Å². The van der Waals surface area contributed by atoms with Gasteiger partial charge in [-0.05, 0) is 45.6 Å². The quantitative estimate of drug-likeness (QED) is 0.717. The molecule has 4 heteroatoms. The molecule has 0 aromatic heterocycles. The summed E-state index contributed by atoms with van der Waals surface area (Å²) in [7, 11) is 4.12. The molecule has 0 heterocycles. The number of Topliss-reactive ketones (excluding diaryl/α,β-unsaturated/α-hetero) is 1. The average molecular weight is 283 g/mol.